The summed E-state index contributed by atoms with van der Waals surface area (Å²) in [4.78, 5) is 0. The van der Waals surface area contributed by atoms with E-state index < -0.39 is 17.6 Å². The van der Waals surface area contributed by atoms with Gasteiger partial charge in [0, 0.05) is 6.54 Å². The smallest absolute Gasteiger partial charge is 0.382 e. The summed E-state index contributed by atoms with van der Waals surface area (Å²) in [5.41, 5.74) is -0.797. The molecule has 2 rings (SSSR count). The fourth-order valence-electron chi connectivity index (χ4n) is 2.93. The summed E-state index contributed by atoms with van der Waals surface area (Å²) in [6, 6.07) is 2.64. The van der Waals surface area contributed by atoms with Crippen LogP contribution in [0.4, 0.5) is 23.2 Å². The van der Waals surface area contributed by atoms with Crippen molar-refractivity contribution in [3.8, 4) is 0 Å². The third kappa shape index (κ3) is 4.35. The fraction of sp³-hybridized carbons (Fsp3) is 0.625. The third-order valence-corrected chi connectivity index (χ3v) is 4.42. The molecule has 1 N–H and O–H groups in total. The van der Waals surface area contributed by atoms with E-state index >= 15 is 0 Å². The minimum Gasteiger partial charge on any atom is -0.382 e. The first kappa shape index (κ1) is 16.1. The predicted octanol–water partition coefficient (Wildman–Crippen LogP) is 5.47. The monoisotopic (exact) mass is 303 g/mol. The van der Waals surface area contributed by atoms with Crippen LogP contribution in [0.15, 0.2) is 18.2 Å². The van der Waals surface area contributed by atoms with Crippen molar-refractivity contribution in [2.75, 3.05) is 11.9 Å². The summed E-state index contributed by atoms with van der Waals surface area (Å²) in [5, 5.41) is 2.95. The second-order valence-corrected chi connectivity index (χ2v) is 5.87. The van der Waals surface area contributed by atoms with Crippen molar-refractivity contribution in [3.63, 3.8) is 0 Å². The molecule has 0 heterocycles. The van der Waals surface area contributed by atoms with Crippen molar-refractivity contribution in [1.29, 1.82) is 0 Å². The van der Waals surface area contributed by atoms with Crippen molar-refractivity contribution < 1.29 is 17.6 Å². The number of anilines is 1. The van der Waals surface area contributed by atoms with Crippen LogP contribution in [0.5, 0.6) is 0 Å². The molecule has 1 aliphatic carbocycles. The van der Waals surface area contributed by atoms with Gasteiger partial charge in [-0.3, -0.25) is 0 Å². The van der Waals surface area contributed by atoms with Crippen LogP contribution < -0.4 is 5.32 Å². The molecule has 0 spiro atoms. The van der Waals surface area contributed by atoms with E-state index in [-0.39, 0.29) is 5.69 Å². The summed E-state index contributed by atoms with van der Waals surface area (Å²) < 4.78 is 51.1. The first-order valence-electron chi connectivity index (χ1n) is 7.50. The van der Waals surface area contributed by atoms with E-state index in [0.29, 0.717) is 18.5 Å². The molecular formula is C16H21F4N. The van der Waals surface area contributed by atoms with Crippen LogP contribution in [0.2, 0.25) is 0 Å². The first-order chi connectivity index (χ1) is 9.90. The highest BCUT2D eigenvalue weighted by Crippen LogP contribution is 2.33. The maximum Gasteiger partial charge on any atom is 0.416 e. The average Bonchev–Trinajstić information content (AvgIpc) is 2.45. The maximum absolute atomic E-state index is 13.7. The zero-order valence-electron chi connectivity index (χ0n) is 12.1. The molecule has 0 radical (unpaired) electrons. The van der Waals surface area contributed by atoms with Crippen molar-refractivity contribution in [2.24, 2.45) is 11.8 Å². The van der Waals surface area contributed by atoms with E-state index in [9.17, 15) is 17.6 Å². The second-order valence-electron chi connectivity index (χ2n) is 5.87. The van der Waals surface area contributed by atoms with Crippen molar-refractivity contribution >= 4 is 5.69 Å². The molecule has 0 aromatic heterocycles. The molecule has 0 aliphatic heterocycles. The average molecular weight is 303 g/mol. The highest BCUT2D eigenvalue weighted by atomic mass is 19.4. The van der Waals surface area contributed by atoms with Crippen LogP contribution in [-0.2, 0) is 6.18 Å². The van der Waals surface area contributed by atoms with Crippen LogP contribution >= 0.6 is 0 Å². The van der Waals surface area contributed by atoms with E-state index in [1.807, 2.05) is 0 Å². The molecule has 1 aromatic rings. The lowest BCUT2D eigenvalue weighted by Gasteiger charge is -2.28. The Balaban J connectivity index is 1.89. The summed E-state index contributed by atoms with van der Waals surface area (Å²) in [6.07, 6.45) is 1.30. The minimum atomic E-state index is -4.50. The molecule has 21 heavy (non-hydrogen) atoms. The number of halogens is 4. The van der Waals surface area contributed by atoms with Crippen molar-refractivity contribution in [2.45, 2.75) is 45.2 Å². The van der Waals surface area contributed by atoms with Crippen LogP contribution in [0.25, 0.3) is 0 Å². The third-order valence-electron chi connectivity index (χ3n) is 4.42. The van der Waals surface area contributed by atoms with Gasteiger partial charge in [0.25, 0.3) is 0 Å². The molecule has 0 atom stereocenters. The summed E-state index contributed by atoms with van der Waals surface area (Å²) in [7, 11) is 0. The molecule has 1 fully saturated rings. The van der Waals surface area contributed by atoms with E-state index in [0.717, 1.165) is 24.8 Å². The zero-order valence-corrected chi connectivity index (χ0v) is 12.1. The molecule has 0 bridgehead atoms. The summed E-state index contributed by atoms with van der Waals surface area (Å²) >= 11 is 0. The standard InChI is InChI=1S/C16H21F4N/c1-2-11-3-5-12(6-4-11)10-21-15-8-7-13(9-14(15)17)16(18,19)20/h7-9,11-12,21H,2-6,10H2,1H3. The Morgan fingerprint density at radius 3 is 2.24 bits per heavy atom. The highest BCUT2D eigenvalue weighted by Gasteiger charge is 2.31. The van der Waals surface area contributed by atoms with E-state index in [1.54, 1.807) is 0 Å². The molecule has 1 aliphatic rings. The van der Waals surface area contributed by atoms with Crippen LogP contribution in [0.3, 0.4) is 0 Å². The van der Waals surface area contributed by atoms with Gasteiger partial charge in [0.15, 0.2) is 0 Å². The molecule has 0 amide bonds. The number of hydrogen-bond acceptors (Lipinski definition) is 1. The molecule has 1 nitrogen and oxygen atoms in total. The predicted molar refractivity (Wildman–Crippen MR) is 75.6 cm³/mol. The number of benzene rings is 1. The van der Waals surface area contributed by atoms with Gasteiger partial charge in [0.1, 0.15) is 5.82 Å². The van der Waals surface area contributed by atoms with Crippen LogP contribution in [-0.4, -0.2) is 6.54 Å². The molecule has 1 aromatic carbocycles. The Morgan fingerprint density at radius 2 is 1.71 bits per heavy atom. The molecular weight excluding hydrogens is 282 g/mol. The molecule has 5 heteroatoms. The van der Waals surface area contributed by atoms with Crippen LogP contribution in [0, 0.1) is 17.7 Å². The van der Waals surface area contributed by atoms with E-state index in [1.165, 1.54) is 25.3 Å². The molecule has 118 valence electrons. The number of rotatable bonds is 4. The molecule has 0 unspecified atom stereocenters. The Morgan fingerprint density at radius 1 is 1.10 bits per heavy atom. The largest absolute Gasteiger partial charge is 0.416 e. The number of alkyl halides is 3. The Hall–Kier alpha value is -1.26. The fourth-order valence-corrected chi connectivity index (χ4v) is 2.93. The summed E-state index contributed by atoms with van der Waals surface area (Å²) in [5.74, 6) is 0.436. The first-order valence-corrected chi connectivity index (χ1v) is 7.50. The van der Waals surface area contributed by atoms with Gasteiger partial charge in [-0.05, 0) is 42.9 Å². The van der Waals surface area contributed by atoms with Gasteiger partial charge in [-0.15, -0.1) is 0 Å². The van der Waals surface area contributed by atoms with Gasteiger partial charge in [-0.2, -0.15) is 13.2 Å². The molecule has 0 saturated heterocycles. The van der Waals surface area contributed by atoms with Crippen molar-refractivity contribution in [3.05, 3.63) is 29.6 Å². The van der Waals surface area contributed by atoms with Gasteiger partial charge in [-0.1, -0.05) is 26.2 Å². The SMILES string of the molecule is CCC1CCC(CNc2ccc(C(F)(F)F)cc2F)CC1. The Labute approximate surface area is 122 Å². The topological polar surface area (TPSA) is 12.0 Å². The van der Waals surface area contributed by atoms with Gasteiger partial charge < -0.3 is 5.32 Å². The zero-order chi connectivity index (χ0) is 15.5. The van der Waals surface area contributed by atoms with E-state index in [4.69, 9.17) is 0 Å². The quantitative estimate of drug-likeness (QED) is 0.727. The number of nitrogens with one attached hydrogen (secondary N) is 1. The lowest BCUT2D eigenvalue weighted by Crippen LogP contribution is -2.21. The van der Waals surface area contributed by atoms with Gasteiger partial charge >= 0.3 is 6.18 Å². The Bertz CT molecular complexity index is 462. The number of hydrogen-bond donors (Lipinski definition) is 1. The second kappa shape index (κ2) is 6.67. The lowest BCUT2D eigenvalue weighted by atomic mass is 9.81. The minimum absolute atomic E-state index is 0.153. The maximum atomic E-state index is 13.7. The normalized spacial score (nSPS) is 23.1. The summed E-state index contributed by atoms with van der Waals surface area (Å²) in [6.45, 7) is 2.82. The molecule has 1 saturated carbocycles. The van der Waals surface area contributed by atoms with E-state index in [2.05, 4.69) is 12.2 Å². The highest BCUT2D eigenvalue weighted by molar-refractivity contribution is 5.46. The van der Waals surface area contributed by atoms with Gasteiger partial charge in [0.2, 0.25) is 0 Å². The lowest BCUT2D eigenvalue weighted by molar-refractivity contribution is -0.137. The van der Waals surface area contributed by atoms with Gasteiger partial charge in [0.05, 0.1) is 11.3 Å². The Kier molecular flexibility index (Phi) is 5.12. The van der Waals surface area contributed by atoms with Crippen LogP contribution in [0.1, 0.15) is 44.6 Å². The van der Waals surface area contributed by atoms with Crippen molar-refractivity contribution in [1.82, 2.24) is 0 Å². The van der Waals surface area contributed by atoms with Gasteiger partial charge in [-0.25, -0.2) is 4.39 Å².